The highest BCUT2D eigenvalue weighted by Gasteiger charge is 2.35. The number of anilines is 1. The third-order valence-corrected chi connectivity index (χ3v) is 8.19. The van der Waals surface area contributed by atoms with Crippen LogP contribution in [0.25, 0.3) is 32.9 Å². The quantitative estimate of drug-likeness (QED) is 0.138. The normalized spacial score (nSPS) is 17.0. The topological polar surface area (TPSA) is 131 Å². The van der Waals surface area contributed by atoms with Crippen molar-refractivity contribution in [3.63, 3.8) is 0 Å². The van der Waals surface area contributed by atoms with Gasteiger partial charge in [-0.15, -0.1) is 0 Å². The first-order valence-corrected chi connectivity index (χ1v) is 14.9. The van der Waals surface area contributed by atoms with Gasteiger partial charge >= 0.3 is 6.09 Å². The summed E-state index contributed by atoms with van der Waals surface area (Å²) >= 11 is 13.2. The first kappa shape index (κ1) is 31.4. The fourth-order valence-electron chi connectivity index (χ4n) is 5.70. The van der Waals surface area contributed by atoms with E-state index in [0.717, 1.165) is 0 Å². The van der Waals surface area contributed by atoms with Gasteiger partial charge in [-0.25, -0.2) is 14.2 Å². The molecule has 3 N–H and O–H groups in total. The molecule has 44 heavy (non-hydrogen) atoms. The zero-order chi connectivity index (χ0) is 31.8. The van der Waals surface area contributed by atoms with Crippen LogP contribution in [0, 0.1) is 17.1 Å². The number of piperidine rings is 1. The lowest BCUT2D eigenvalue weighted by atomic mass is 9.94. The molecular formula is C32H31Cl2FN5O4+. The van der Waals surface area contributed by atoms with E-state index >= 15 is 4.39 Å². The summed E-state index contributed by atoms with van der Waals surface area (Å²) in [7, 11) is 0. The fourth-order valence-corrected chi connectivity index (χ4v) is 6.20. The Morgan fingerprint density at radius 2 is 2.09 bits per heavy atom. The molecule has 0 radical (unpaired) electrons. The summed E-state index contributed by atoms with van der Waals surface area (Å²) in [5, 5.41) is 22.1. The molecule has 9 nitrogen and oxygen atoms in total. The van der Waals surface area contributed by atoms with Gasteiger partial charge in [-0.05, 0) is 57.2 Å². The predicted octanol–water partition coefficient (Wildman–Crippen LogP) is 6.87. The number of rotatable bonds is 6. The summed E-state index contributed by atoms with van der Waals surface area (Å²) in [6.07, 6.45) is 3.02. The van der Waals surface area contributed by atoms with Gasteiger partial charge in [-0.2, -0.15) is 5.26 Å². The molecule has 0 bridgehead atoms. The van der Waals surface area contributed by atoms with E-state index in [0.29, 0.717) is 48.4 Å². The molecule has 5 rings (SSSR count). The molecule has 1 fully saturated rings. The van der Waals surface area contributed by atoms with E-state index in [1.165, 1.54) is 12.3 Å². The van der Waals surface area contributed by atoms with Crippen molar-refractivity contribution in [3.05, 3.63) is 63.6 Å². The number of carbonyl (C=O) groups excluding carboxylic acids is 2. The Morgan fingerprint density at radius 1 is 1.32 bits per heavy atom. The highest BCUT2D eigenvalue weighted by atomic mass is 35.5. The number of amides is 1. The average molecular weight is 640 g/mol. The number of aromatic nitrogens is 2. The lowest BCUT2D eigenvalue weighted by molar-refractivity contribution is 0.00604. The second-order valence-corrected chi connectivity index (χ2v) is 12.4. The molecule has 2 aromatic carbocycles. The summed E-state index contributed by atoms with van der Waals surface area (Å²) in [5.74, 6) is -0.797. The van der Waals surface area contributed by atoms with Gasteiger partial charge in [0.1, 0.15) is 22.9 Å². The van der Waals surface area contributed by atoms with Crippen molar-refractivity contribution in [1.29, 1.82) is 5.26 Å². The maximum Gasteiger partial charge on any atom is 0.410 e. The van der Waals surface area contributed by atoms with E-state index in [9.17, 15) is 14.9 Å². The van der Waals surface area contributed by atoms with Crippen LogP contribution in [0.2, 0.25) is 10.2 Å². The summed E-state index contributed by atoms with van der Waals surface area (Å²) in [6.45, 7) is 5.86. The Labute approximate surface area is 263 Å². The van der Waals surface area contributed by atoms with Crippen LogP contribution in [-0.4, -0.2) is 63.2 Å². The number of fused-ring (bicyclic) bond motifs is 2. The number of benzene rings is 2. The smallest absolute Gasteiger partial charge is 0.410 e. The van der Waals surface area contributed by atoms with Gasteiger partial charge in [-0.3, -0.25) is 9.78 Å². The van der Waals surface area contributed by atoms with Gasteiger partial charge < -0.3 is 20.1 Å². The third kappa shape index (κ3) is 6.00. The summed E-state index contributed by atoms with van der Waals surface area (Å²) in [4.78, 5) is 35.4. The molecule has 0 saturated carbocycles. The van der Waals surface area contributed by atoms with Crippen molar-refractivity contribution in [2.75, 3.05) is 18.5 Å². The van der Waals surface area contributed by atoms with Crippen LogP contribution in [0.5, 0.6) is 0 Å². The van der Waals surface area contributed by atoms with Crippen molar-refractivity contribution < 1.29 is 23.8 Å². The monoisotopic (exact) mass is 638 g/mol. The minimum Gasteiger partial charge on any atom is -0.445 e. The number of aldehydes is 1. The van der Waals surface area contributed by atoms with Crippen LogP contribution < -0.4 is 5.32 Å². The molecule has 3 heterocycles. The molecule has 0 spiro atoms. The number of carbonyl (C=O) groups is 2. The first-order chi connectivity index (χ1) is 21.0. The number of halogens is 3. The molecule has 2 atom stereocenters. The number of hydrogen-bond donors (Lipinski definition) is 1. The van der Waals surface area contributed by atoms with E-state index in [1.54, 1.807) is 49.9 Å². The number of nitrogens with one attached hydrogen (secondary N) is 1. The second kappa shape index (κ2) is 12.5. The number of nitrogens with zero attached hydrogens (tertiary/aromatic N) is 4. The molecule has 2 aromatic heterocycles. The highest BCUT2D eigenvalue weighted by Crippen LogP contribution is 2.42. The SMILES string of the molecule is CC(C)(C)OC(=O)N1CCC(Nc2c(C=O)c(Cl)nc3c(F)c(-c4nccc5cccc(C#N)c45)c(Cl)cc23)C[C@H]1CC[OH2+]. The second-order valence-electron chi connectivity index (χ2n) is 11.7. The number of likely N-dealkylation sites (tertiary alicyclic amines) is 1. The minimum atomic E-state index is -0.797. The van der Waals surface area contributed by atoms with Gasteiger partial charge in [0, 0.05) is 42.0 Å². The molecule has 1 aliphatic heterocycles. The van der Waals surface area contributed by atoms with E-state index in [-0.39, 0.29) is 62.3 Å². The molecule has 1 aliphatic rings. The fraction of sp³-hybridized carbons (Fsp3) is 0.344. The zero-order valence-electron chi connectivity index (χ0n) is 24.4. The number of nitriles is 1. The van der Waals surface area contributed by atoms with Crippen LogP contribution in [0.1, 0.15) is 56.0 Å². The molecule has 1 unspecified atom stereocenters. The van der Waals surface area contributed by atoms with Gasteiger partial charge in [-0.1, -0.05) is 35.3 Å². The Balaban J connectivity index is 1.58. The Kier molecular flexibility index (Phi) is 8.93. The van der Waals surface area contributed by atoms with Gasteiger partial charge in [0.05, 0.1) is 39.2 Å². The van der Waals surface area contributed by atoms with Crippen molar-refractivity contribution in [2.24, 2.45) is 0 Å². The average Bonchev–Trinajstić information content (AvgIpc) is 2.97. The van der Waals surface area contributed by atoms with Crippen molar-refractivity contribution in [3.8, 4) is 17.3 Å². The number of pyridine rings is 2. The van der Waals surface area contributed by atoms with Crippen molar-refractivity contribution in [2.45, 2.75) is 57.7 Å². The van der Waals surface area contributed by atoms with Gasteiger partial charge in [0.2, 0.25) is 0 Å². The standard InChI is InChI=1S/C32H30Cl2FN5O4/c1-32(2,3)44-31(43)40-11-8-19(13-20(40)9-12-41)38-27-21-14-23(33)25(26(35)28(21)39-30(34)22(27)16-42)29-24-17(7-10-37-29)5-4-6-18(24)15-36/h4-7,10,14,16,19-20,41H,8-9,11-13H2,1-3H3,(H,38,39)/p+1/t19?,20-/m1/s1. The number of ether oxygens (including phenoxy) is 1. The van der Waals surface area contributed by atoms with Crippen LogP contribution in [0.4, 0.5) is 14.9 Å². The molecule has 4 aromatic rings. The van der Waals surface area contributed by atoms with Gasteiger partial charge in [0.15, 0.2) is 12.1 Å². The maximum absolute atomic E-state index is 16.5. The highest BCUT2D eigenvalue weighted by molar-refractivity contribution is 6.36. The lowest BCUT2D eigenvalue weighted by Crippen LogP contribution is -2.51. The number of hydrogen-bond acceptors (Lipinski definition) is 7. The lowest BCUT2D eigenvalue weighted by Gasteiger charge is -2.40. The predicted molar refractivity (Wildman–Crippen MR) is 169 cm³/mol. The van der Waals surface area contributed by atoms with Crippen molar-refractivity contribution in [1.82, 2.24) is 14.9 Å². The van der Waals surface area contributed by atoms with Crippen molar-refractivity contribution >= 4 is 62.9 Å². The van der Waals surface area contributed by atoms with Crippen LogP contribution in [0.15, 0.2) is 36.5 Å². The van der Waals surface area contributed by atoms with E-state index < -0.39 is 17.5 Å². The Hall–Kier alpha value is -4.04. The molecule has 12 heteroatoms. The summed E-state index contributed by atoms with van der Waals surface area (Å²) in [5.41, 5.74) is -0.0140. The van der Waals surface area contributed by atoms with Crippen LogP contribution in [0.3, 0.4) is 0 Å². The molecule has 228 valence electrons. The van der Waals surface area contributed by atoms with Gasteiger partial charge in [0.25, 0.3) is 0 Å². The zero-order valence-corrected chi connectivity index (χ0v) is 25.9. The summed E-state index contributed by atoms with van der Waals surface area (Å²) < 4.78 is 22.1. The Bertz CT molecular complexity index is 1820. The maximum atomic E-state index is 16.5. The molecule has 1 amide bonds. The largest absolute Gasteiger partial charge is 0.445 e. The Morgan fingerprint density at radius 3 is 2.77 bits per heavy atom. The van der Waals surface area contributed by atoms with E-state index in [2.05, 4.69) is 21.4 Å². The first-order valence-electron chi connectivity index (χ1n) is 14.1. The van der Waals surface area contributed by atoms with E-state index in [4.69, 9.17) is 33.0 Å². The molecular weight excluding hydrogens is 608 g/mol. The minimum absolute atomic E-state index is 0.0126. The van der Waals surface area contributed by atoms with Crippen LogP contribution in [-0.2, 0) is 4.74 Å². The van der Waals surface area contributed by atoms with Crippen LogP contribution >= 0.6 is 23.2 Å². The third-order valence-electron chi connectivity index (χ3n) is 7.60. The van der Waals surface area contributed by atoms with E-state index in [1.807, 2.05) is 0 Å². The molecule has 0 aliphatic carbocycles. The summed E-state index contributed by atoms with van der Waals surface area (Å²) in [6, 6.07) is 9.99. The molecule has 1 saturated heterocycles.